The van der Waals surface area contributed by atoms with Crippen LogP contribution < -0.4 is 16.6 Å². The number of anilines is 1. The number of halogens is 2. The van der Waals surface area contributed by atoms with Crippen LogP contribution in [0.15, 0.2) is 27.8 Å². The molecule has 0 spiro atoms. The molecule has 2 atom stereocenters. The summed E-state index contributed by atoms with van der Waals surface area (Å²) in [7, 11) is 0. The van der Waals surface area contributed by atoms with Gasteiger partial charge in [0, 0.05) is 31.2 Å². The second-order valence-electron chi connectivity index (χ2n) is 7.16. The SMILES string of the molecule is O=c1[nH]c2c(c(=O)n1C1CCOCC1)CC(F)C(c1cc(CO)ccc1F)N2. The Kier molecular flexibility index (Phi) is 5.03. The molecule has 2 aliphatic heterocycles. The third-order valence-electron chi connectivity index (χ3n) is 5.42. The molecule has 2 aromatic rings. The van der Waals surface area contributed by atoms with Crippen molar-refractivity contribution >= 4 is 5.82 Å². The number of rotatable bonds is 3. The molecule has 3 N–H and O–H groups in total. The van der Waals surface area contributed by atoms with E-state index in [1.807, 2.05) is 0 Å². The molecular formula is C19H21F2N3O4. The predicted molar refractivity (Wildman–Crippen MR) is 97.7 cm³/mol. The maximum Gasteiger partial charge on any atom is 0.330 e. The van der Waals surface area contributed by atoms with E-state index in [0.29, 0.717) is 31.6 Å². The number of aliphatic hydroxyl groups excluding tert-OH is 1. The van der Waals surface area contributed by atoms with Gasteiger partial charge in [0.25, 0.3) is 5.56 Å². The lowest BCUT2D eigenvalue weighted by Gasteiger charge is -2.31. The second-order valence-corrected chi connectivity index (χ2v) is 7.16. The molecule has 9 heteroatoms. The van der Waals surface area contributed by atoms with Crippen LogP contribution >= 0.6 is 0 Å². The summed E-state index contributed by atoms with van der Waals surface area (Å²) in [4.78, 5) is 28.0. The summed E-state index contributed by atoms with van der Waals surface area (Å²) in [6.45, 7) is 0.612. The Morgan fingerprint density at radius 3 is 2.71 bits per heavy atom. The molecular weight excluding hydrogens is 372 g/mol. The van der Waals surface area contributed by atoms with Crippen molar-refractivity contribution in [2.24, 2.45) is 0 Å². The van der Waals surface area contributed by atoms with E-state index < -0.39 is 29.3 Å². The summed E-state index contributed by atoms with van der Waals surface area (Å²) >= 11 is 0. The second kappa shape index (κ2) is 7.48. The van der Waals surface area contributed by atoms with Crippen LogP contribution in [-0.2, 0) is 17.8 Å². The molecule has 0 bridgehead atoms. The van der Waals surface area contributed by atoms with Gasteiger partial charge < -0.3 is 15.2 Å². The van der Waals surface area contributed by atoms with Crippen molar-refractivity contribution in [3.63, 3.8) is 0 Å². The van der Waals surface area contributed by atoms with Gasteiger partial charge >= 0.3 is 5.69 Å². The molecule has 2 aliphatic rings. The topological polar surface area (TPSA) is 96.4 Å². The lowest BCUT2D eigenvalue weighted by Crippen LogP contribution is -2.45. The number of ether oxygens (including phenoxy) is 1. The number of aliphatic hydroxyl groups is 1. The normalized spacial score (nSPS) is 22.5. The van der Waals surface area contributed by atoms with E-state index in [1.165, 1.54) is 12.1 Å². The van der Waals surface area contributed by atoms with Gasteiger partial charge in [0.2, 0.25) is 0 Å². The average molecular weight is 393 g/mol. The quantitative estimate of drug-likeness (QED) is 0.736. The largest absolute Gasteiger partial charge is 0.392 e. The first-order chi connectivity index (χ1) is 13.5. The van der Waals surface area contributed by atoms with Crippen LogP contribution in [0.2, 0.25) is 0 Å². The molecule has 3 heterocycles. The van der Waals surface area contributed by atoms with Crippen LogP contribution in [0.5, 0.6) is 0 Å². The van der Waals surface area contributed by atoms with Crippen molar-refractivity contribution in [2.75, 3.05) is 18.5 Å². The molecule has 1 saturated heterocycles. The Morgan fingerprint density at radius 2 is 2.00 bits per heavy atom. The summed E-state index contributed by atoms with van der Waals surface area (Å²) in [6.07, 6.45) is -0.738. The molecule has 150 valence electrons. The number of aromatic amines is 1. The van der Waals surface area contributed by atoms with Gasteiger partial charge in [-0.1, -0.05) is 6.07 Å². The summed E-state index contributed by atoms with van der Waals surface area (Å²) in [5, 5.41) is 12.0. The third kappa shape index (κ3) is 3.24. The van der Waals surface area contributed by atoms with Gasteiger partial charge in [0.15, 0.2) is 0 Å². The van der Waals surface area contributed by atoms with Gasteiger partial charge in [0.05, 0.1) is 18.2 Å². The monoisotopic (exact) mass is 393 g/mol. The Balaban J connectivity index is 1.73. The summed E-state index contributed by atoms with van der Waals surface area (Å²) in [5.41, 5.74) is -0.472. The van der Waals surface area contributed by atoms with Crippen LogP contribution in [0, 0.1) is 5.82 Å². The summed E-state index contributed by atoms with van der Waals surface area (Å²) in [5.74, 6) is -0.510. The molecule has 1 fully saturated rings. The third-order valence-corrected chi connectivity index (χ3v) is 5.42. The molecule has 0 radical (unpaired) electrons. The Hall–Kier alpha value is -2.52. The highest BCUT2D eigenvalue weighted by molar-refractivity contribution is 5.49. The minimum atomic E-state index is -1.57. The minimum absolute atomic E-state index is 0.0409. The van der Waals surface area contributed by atoms with Gasteiger partial charge in [-0.15, -0.1) is 0 Å². The smallest absolute Gasteiger partial charge is 0.330 e. The zero-order chi connectivity index (χ0) is 19.8. The van der Waals surface area contributed by atoms with Crippen molar-refractivity contribution in [1.82, 2.24) is 9.55 Å². The molecule has 1 aromatic carbocycles. The molecule has 0 aliphatic carbocycles. The molecule has 2 unspecified atom stereocenters. The fourth-order valence-corrected chi connectivity index (χ4v) is 3.94. The first-order valence-corrected chi connectivity index (χ1v) is 9.25. The highest BCUT2D eigenvalue weighted by Crippen LogP contribution is 2.33. The average Bonchev–Trinajstić information content (AvgIpc) is 2.70. The van der Waals surface area contributed by atoms with E-state index in [0.717, 1.165) is 10.6 Å². The molecule has 0 amide bonds. The van der Waals surface area contributed by atoms with Crippen LogP contribution in [0.4, 0.5) is 14.6 Å². The number of nitrogens with zero attached hydrogens (tertiary/aromatic N) is 1. The zero-order valence-corrected chi connectivity index (χ0v) is 15.1. The Morgan fingerprint density at radius 1 is 1.25 bits per heavy atom. The fraction of sp³-hybridized carbons (Fsp3) is 0.474. The number of nitrogens with one attached hydrogen (secondary N) is 2. The van der Waals surface area contributed by atoms with Crippen molar-refractivity contribution in [1.29, 1.82) is 0 Å². The number of hydrogen-bond donors (Lipinski definition) is 3. The van der Waals surface area contributed by atoms with E-state index in [-0.39, 0.29) is 36.0 Å². The standard InChI is InChI=1S/C19H21F2N3O4/c20-14-2-1-10(9-25)7-12(14)16-15(21)8-13-17(22-16)23-19(27)24(18(13)26)11-3-5-28-6-4-11/h1-2,7,11,15-16,22,25H,3-6,8-9H2,(H,23,27). The van der Waals surface area contributed by atoms with Crippen molar-refractivity contribution in [2.45, 2.75) is 44.1 Å². The van der Waals surface area contributed by atoms with Gasteiger partial charge in [-0.05, 0) is 30.5 Å². The van der Waals surface area contributed by atoms with Crippen LogP contribution in [0.25, 0.3) is 0 Å². The van der Waals surface area contributed by atoms with E-state index in [4.69, 9.17) is 4.74 Å². The van der Waals surface area contributed by atoms with Crippen molar-refractivity contribution in [3.05, 3.63) is 61.5 Å². The summed E-state index contributed by atoms with van der Waals surface area (Å²) in [6, 6.07) is 2.60. The highest BCUT2D eigenvalue weighted by atomic mass is 19.1. The Labute approximate surface area is 159 Å². The first-order valence-electron chi connectivity index (χ1n) is 9.25. The van der Waals surface area contributed by atoms with Gasteiger partial charge in [-0.25, -0.2) is 13.6 Å². The summed E-state index contributed by atoms with van der Waals surface area (Å²) < 4.78 is 35.6. The first kappa shape index (κ1) is 18.8. The molecule has 28 heavy (non-hydrogen) atoms. The minimum Gasteiger partial charge on any atom is -0.392 e. The van der Waals surface area contributed by atoms with E-state index >= 15 is 0 Å². The number of hydrogen-bond acceptors (Lipinski definition) is 5. The van der Waals surface area contributed by atoms with Crippen LogP contribution in [-0.4, -0.2) is 34.0 Å². The van der Waals surface area contributed by atoms with E-state index in [9.17, 15) is 23.5 Å². The lowest BCUT2D eigenvalue weighted by atomic mass is 9.92. The molecule has 7 nitrogen and oxygen atoms in total. The maximum atomic E-state index is 14.9. The van der Waals surface area contributed by atoms with Crippen LogP contribution in [0.3, 0.4) is 0 Å². The number of aromatic nitrogens is 2. The van der Waals surface area contributed by atoms with Crippen molar-refractivity contribution in [3.8, 4) is 0 Å². The van der Waals surface area contributed by atoms with Gasteiger partial charge in [-0.3, -0.25) is 14.3 Å². The highest BCUT2D eigenvalue weighted by Gasteiger charge is 2.35. The van der Waals surface area contributed by atoms with E-state index in [2.05, 4.69) is 10.3 Å². The lowest BCUT2D eigenvalue weighted by molar-refractivity contribution is 0.0673. The van der Waals surface area contributed by atoms with Gasteiger partial charge in [-0.2, -0.15) is 0 Å². The number of benzene rings is 1. The molecule has 1 aromatic heterocycles. The maximum absolute atomic E-state index is 14.9. The predicted octanol–water partition coefficient (Wildman–Crippen LogP) is 1.57. The number of H-pyrrole nitrogens is 1. The fourth-order valence-electron chi connectivity index (χ4n) is 3.94. The van der Waals surface area contributed by atoms with E-state index in [1.54, 1.807) is 0 Å². The number of alkyl halides is 1. The number of fused-ring (bicyclic) bond motifs is 1. The van der Waals surface area contributed by atoms with Gasteiger partial charge in [0.1, 0.15) is 17.8 Å². The Bertz CT molecular complexity index is 998. The zero-order valence-electron chi connectivity index (χ0n) is 15.1. The van der Waals surface area contributed by atoms with Crippen molar-refractivity contribution < 1.29 is 18.6 Å². The molecule has 0 saturated carbocycles. The molecule has 4 rings (SSSR count). The van der Waals surface area contributed by atoms with Crippen LogP contribution in [0.1, 0.15) is 41.6 Å².